The van der Waals surface area contributed by atoms with Crippen LogP contribution in [0.5, 0.6) is 5.75 Å². The highest BCUT2D eigenvalue weighted by molar-refractivity contribution is 6.32. The van der Waals surface area contributed by atoms with E-state index in [9.17, 15) is 14.9 Å². The van der Waals surface area contributed by atoms with Crippen molar-refractivity contribution in [3.8, 4) is 5.75 Å². The van der Waals surface area contributed by atoms with E-state index in [4.69, 9.17) is 16.3 Å². The molecule has 0 unspecified atom stereocenters. The van der Waals surface area contributed by atoms with E-state index in [0.29, 0.717) is 5.75 Å². The van der Waals surface area contributed by atoms with Crippen molar-refractivity contribution in [3.05, 3.63) is 51.3 Å². The van der Waals surface area contributed by atoms with Crippen LogP contribution in [0.2, 0.25) is 5.02 Å². The van der Waals surface area contributed by atoms with E-state index < -0.39 is 4.92 Å². The Hall–Kier alpha value is -2.61. The molecule has 1 aromatic carbocycles. The van der Waals surface area contributed by atoms with Crippen molar-refractivity contribution in [2.45, 2.75) is 6.73 Å². The van der Waals surface area contributed by atoms with Crippen LogP contribution in [0.4, 0.5) is 5.69 Å². The average Bonchev–Trinajstić information content (AvgIpc) is 2.93. The maximum atomic E-state index is 11.3. The molecule has 0 fully saturated rings. The number of aromatic nitrogens is 2. The Kier molecular flexibility index (Phi) is 4.39. The van der Waals surface area contributed by atoms with Gasteiger partial charge in [-0.15, -0.1) is 0 Å². The molecule has 2 aromatic rings. The maximum absolute atomic E-state index is 11.3. The largest absolute Gasteiger partial charge is 0.470 e. The predicted molar refractivity (Wildman–Crippen MR) is 74.4 cm³/mol. The van der Waals surface area contributed by atoms with E-state index in [2.05, 4.69) is 10.4 Å². The fourth-order valence-electron chi connectivity index (χ4n) is 1.54. The predicted octanol–water partition coefficient (Wildman–Crippen LogP) is 1.84. The Labute approximate surface area is 124 Å². The Morgan fingerprint density at radius 3 is 2.90 bits per heavy atom. The summed E-state index contributed by atoms with van der Waals surface area (Å²) in [6.07, 6.45) is 1.57. The zero-order valence-electron chi connectivity index (χ0n) is 10.9. The van der Waals surface area contributed by atoms with Crippen molar-refractivity contribution in [2.24, 2.45) is 0 Å². The third kappa shape index (κ3) is 3.48. The number of nitro groups is 1. The molecular weight excluding hydrogens is 300 g/mol. The molecule has 0 saturated heterocycles. The molecule has 110 valence electrons. The molecule has 1 N–H and O–H groups in total. The molecule has 21 heavy (non-hydrogen) atoms. The Bertz CT molecular complexity index is 686. The monoisotopic (exact) mass is 310 g/mol. The summed E-state index contributed by atoms with van der Waals surface area (Å²) in [7, 11) is 1.51. The van der Waals surface area contributed by atoms with Crippen LogP contribution in [0.15, 0.2) is 30.5 Å². The summed E-state index contributed by atoms with van der Waals surface area (Å²) in [6, 6.07) is 5.44. The van der Waals surface area contributed by atoms with Crippen LogP contribution in [0.3, 0.4) is 0 Å². The van der Waals surface area contributed by atoms with Crippen molar-refractivity contribution in [1.82, 2.24) is 15.1 Å². The second-order valence-corrected chi connectivity index (χ2v) is 4.37. The zero-order chi connectivity index (χ0) is 15.4. The molecule has 0 aliphatic rings. The van der Waals surface area contributed by atoms with Gasteiger partial charge >= 0.3 is 0 Å². The minimum atomic E-state index is -0.543. The minimum Gasteiger partial charge on any atom is -0.470 e. The van der Waals surface area contributed by atoms with Crippen LogP contribution in [0.1, 0.15) is 10.5 Å². The first-order valence-electron chi connectivity index (χ1n) is 5.83. The lowest BCUT2D eigenvalue weighted by atomic mass is 10.3. The summed E-state index contributed by atoms with van der Waals surface area (Å²) in [6.45, 7) is 0.0223. The van der Waals surface area contributed by atoms with Crippen LogP contribution >= 0.6 is 11.6 Å². The van der Waals surface area contributed by atoms with E-state index in [0.717, 1.165) is 0 Å². The quantitative estimate of drug-likeness (QED) is 0.671. The van der Waals surface area contributed by atoms with Crippen molar-refractivity contribution < 1.29 is 14.5 Å². The highest BCUT2D eigenvalue weighted by Crippen LogP contribution is 2.28. The van der Waals surface area contributed by atoms with Gasteiger partial charge in [0.25, 0.3) is 11.6 Å². The molecule has 9 heteroatoms. The lowest BCUT2D eigenvalue weighted by Gasteiger charge is -2.07. The van der Waals surface area contributed by atoms with Gasteiger partial charge in [0.1, 0.15) is 11.4 Å². The summed E-state index contributed by atoms with van der Waals surface area (Å²) < 4.78 is 6.80. The van der Waals surface area contributed by atoms with Crippen molar-refractivity contribution in [2.75, 3.05) is 7.05 Å². The topological polar surface area (TPSA) is 99.3 Å². The number of carbonyl (C=O) groups is 1. The van der Waals surface area contributed by atoms with Gasteiger partial charge in [-0.25, -0.2) is 4.68 Å². The number of nitrogens with zero attached hydrogens (tertiary/aromatic N) is 3. The number of hydrogen-bond donors (Lipinski definition) is 1. The lowest BCUT2D eigenvalue weighted by molar-refractivity contribution is -0.384. The molecule has 0 spiro atoms. The average molecular weight is 311 g/mol. The van der Waals surface area contributed by atoms with Gasteiger partial charge in [0, 0.05) is 25.4 Å². The van der Waals surface area contributed by atoms with E-state index in [-0.39, 0.29) is 29.0 Å². The van der Waals surface area contributed by atoms with Crippen molar-refractivity contribution >= 4 is 23.2 Å². The summed E-state index contributed by atoms with van der Waals surface area (Å²) in [5.74, 6) is -0.0126. The molecule has 0 aliphatic heterocycles. The lowest BCUT2D eigenvalue weighted by Crippen LogP contribution is -2.19. The molecule has 2 rings (SSSR count). The van der Waals surface area contributed by atoms with Crippen LogP contribution in [-0.2, 0) is 6.73 Å². The first-order chi connectivity index (χ1) is 10.0. The smallest absolute Gasteiger partial charge is 0.271 e. The zero-order valence-corrected chi connectivity index (χ0v) is 11.7. The number of rotatable bonds is 5. The summed E-state index contributed by atoms with van der Waals surface area (Å²) in [5, 5.41) is 17.2. The van der Waals surface area contributed by atoms with Gasteiger partial charge in [0.15, 0.2) is 6.73 Å². The molecule has 1 aromatic heterocycles. The number of ether oxygens (including phenoxy) is 1. The third-order valence-corrected chi connectivity index (χ3v) is 2.87. The molecule has 1 heterocycles. The highest BCUT2D eigenvalue weighted by Gasteiger charge is 2.11. The number of nitrogens with one attached hydrogen (secondary N) is 1. The fraction of sp³-hybridized carbons (Fsp3) is 0.167. The number of amides is 1. The Balaban J connectivity index is 2.04. The van der Waals surface area contributed by atoms with Gasteiger partial charge in [-0.2, -0.15) is 5.10 Å². The van der Waals surface area contributed by atoms with E-state index in [1.54, 1.807) is 12.3 Å². The van der Waals surface area contributed by atoms with Crippen LogP contribution in [0, 0.1) is 10.1 Å². The second-order valence-electron chi connectivity index (χ2n) is 3.96. The summed E-state index contributed by atoms with van der Waals surface area (Å²) in [4.78, 5) is 21.4. The van der Waals surface area contributed by atoms with E-state index in [1.807, 2.05) is 0 Å². The van der Waals surface area contributed by atoms with E-state index >= 15 is 0 Å². The fourth-order valence-corrected chi connectivity index (χ4v) is 1.77. The number of carbonyl (C=O) groups excluding carboxylic acids is 1. The number of benzene rings is 1. The molecule has 0 atom stereocenters. The van der Waals surface area contributed by atoms with Crippen LogP contribution in [0.25, 0.3) is 0 Å². The molecule has 0 saturated carbocycles. The molecule has 1 amide bonds. The molecular formula is C12H11ClN4O4. The van der Waals surface area contributed by atoms with Gasteiger partial charge < -0.3 is 10.1 Å². The number of hydrogen-bond acceptors (Lipinski definition) is 5. The van der Waals surface area contributed by atoms with Crippen molar-refractivity contribution in [3.63, 3.8) is 0 Å². The third-order valence-electron chi connectivity index (χ3n) is 2.58. The summed E-state index contributed by atoms with van der Waals surface area (Å²) in [5.41, 5.74) is 0.143. The first kappa shape index (κ1) is 14.8. The number of non-ortho nitro benzene ring substituents is 1. The Morgan fingerprint density at radius 2 is 2.29 bits per heavy atom. The van der Waals surface area contributed by atoms with E-state index in [1.165, 1.54) is 29.9 Å². The van der Waals surface area contributed by atoms with Gasteiger partial charge in [-0.05, 0) is 12.1 Å². The van der Waals surface area contributed by atoms with Crippen molar-refractivity contribution in [1.29, 1.82) is 0 Å². The van der Waals surface area contributed by atoms with Crippen LogP contribution < -0.4 is 10.1 Å². The van der Waals surface area contributed by atoms with Gasteiger partial charge in [0.05, 0.1) is 9.95 Å². The van der Waals surface area contributed by atoms with Gasteiger partial charge in [-0.3, -0.25) is 14.9 Å². The summed E-state index contributed by atoms with van der Waals surface area (Å²) >= 11 is 5.89. The SMILES string of the molecule is CNC(=O)c1ccn(COc2ccc([N+](=O)[O-])cc2Cl)n1. The standard InChI is InChI=1S/C12H11ClN4O4/c1-14-12(18)10-4-5-16(15-10)7-21-11-3-2-8(17(19)20)6-9(11)13/h2-6H,7H2,1H3,(H,14,18). The first-order valence-corrected chi connectivity index (χ1v) is 6.21. The maximum Gasteiger partial charge on any atom is 0.271 e. The van der Waals surface area contributed by atoms with Gasteiger partial charge in [0.2, 0.25) is 0 Å². The highest BCUT2D eigenvalue weighted by atomic mass is 35.5. The molecule has 0 bridgehead atoms. The normalized spacial score (nSPS) is 10.2. The molecule has 0 aliphatic carbocycles. The minimum absolute atomic E-state index is 0.0223. The van der Waals surface area contributed by atoms with Gasteiger partial charge in [-0.1, -0.05) is 11.6 Å². The molecule has 8 nitrogen and oxygen atoms in total. The Morgan fingerprint density at radius 1 is 1.52 bits per heavy atom. The molecule has 0 radical (unpaired) electrons. The second kappa shape index (κ2) is 6.23. The number of halogens is 1. The number of nitro benzene ring substituents is 1. The van der Waals surface area contributed by atoms with Crippen LogP contribution in [-0.4, -0.2) is 27.7 Å².